The van der Waals surface area contributed by atoms with E-state index in [4.69, 9.17) is 0 Å². The Morgan fingerprint density at radius 3 is 1.94 bits per heavy atom. The minimum absolute atomic E-state index is 0. The molecule has 0 bridgehead atoms. The van der Waals surface area contributed by atoms with Crippen molar-refractivity contribution in [3.8, 4) is 17.2 Å². The Labute approximate surface area is 220 Å². The van der Waals surface area contributed by atoms with Crippen LogP contribution in [-0.2, 0) is 20.2 Å². The van der Waals surface area contributed by atoms with Crippen molar-refractivity contribution in [3.63, 3.8) is 0 Å². The van der Waals surface area contributed by atoms with E-state index in [-0.39, 0.29) is 70.6 Å². The molecule has 0 aliphatic rings. The van der Waals surface area contributed by atoms with E-state index in [1.54, 1.807) is 0 Å². The Bertz CT molecular complexity index is 1390. The zero-order valence-electron chi connectivity index (χ0n) is 16.0. The number of phenolic OH excluding ortho intramolecular Hbond substituents is 3. The summed E-state index contributed by atoms with van der Waals surface area (Å²) in [6, 6.07) is 7.42. The van der Waals surface area contributed by atoms with Crippen LogP contribution in [0.2, 0.25) is 0 Å². The molecule has 3 aromatic rings. The largest absolute Gasteiger partial charge is 1.00 e. The number of phenols is 3. The number of rotatable bonds is 4. The summed E-state index contributed by atoms with van der Waals surface area (Å²) in [6.45, 7) is 0. The number of aromatic hydroxyl groups is 3. The van der Waals surface area contributed by atoms with Crippen molar-refractivity contribution < 1.29 is 100 Å². The Morgan fingerprint density at radius 1 is 0.774 bits per heavy atom. The van der Waals surface area contributed by atoms with Crippen LogP contribution in [-0.4, -0.2) is 41.3 Å². The first kappa shape index (κ1) is 27.8. The Morgan fingerprint density at radius 2 is 1.39 bits per heavy atom. The van der Waals surface area contributed by atoms with Gasteiger partial charge in [0.15, 0.2) is 5.75 Å². The van der Waals surface area contributed by atoms with Gasteiger partial charge in [-0.3, -0.25) is 0 Å². The molecule has 0 aromatic heterocycles. The summed E-state index contributed by atoms with van der Waals surface area (Å²) in [5, 5.41) is 36.4. The molecule has 15 heteroatoms. The molecule has 0 amide bonds. The summed E-state index contributed by atoms with van der Waals surface area (Å²) >= 11 is 0. The van der Waals surface area contributed by atoms with E-state index in [0.717, 1.165) is 0 Å². The molecule has 0 saturated carbocycles. The first-order valence-corrected chi connectivity index (χ1v) is 10.4. The summed E-state index contributed by atoms with van der Waals surface area (Å²) in [5.74, 6) is -2.19. The molecule has 3 aromatic carbocycles. The first-order chi connectivity index (χ1) is 13.4. The molecule has 0 aliphatic heterocycles. The first-order valence-electron chi connectivity index (χ1n) is 7.54. The Kier molecular flexibility index (Phi) is 9.07. The monoisotopic (exact) mass is 484 g/mol. The summed E-state index contributed by atoms with van der Waals surface area (Å²) in [6.07, 6.45) is 0. The third-order valence-corrected chi connectivity index (χ3v) is 5.46. The predicted octanol–water partition coefficient (Wildman–Crippen LogP) is -3.81. The average molecular weight is 484 g/mol. The molecule has 3 rings (SSSR count). The fourth-order valence-corrected chi connectivity index (χ4v) is 3.70. The predicted molar refractivity (Wildman–Crippen MR) is 95.5 cm³/mol. The van der Waals surface area contributed by atoms with Crippen molar-refractivity contribution in [2.24, 2.45) is 10.2 Å². The van der Waals surface area contributed by atoms with E-state index in [9.17, 15) is 41.3 Å². The number of azo groups is 1. The molecule has 3 N–H and O–H groups in total. The summed E-state index contributed by atoms with van der Waals surface area (Å²) in [5.41, 5.74) is -0.956. The third kappa shape index (κ3) is 5.96. The van der Waals surface area contributed by atoms with Gasteiger partial charge in [-0.1, -0.05) is 12.1 Å². The fraction of sp³-hybridized carbons (Fsp3) is 0. The van der Waals surface area contributed by atoms with Crippen LogP contribution >= 0.6 is 0 Å². The second-order valence-electron chi connectivity index (χ2n) is 5.71. The van der Waals surface area contributed by atoms with Gasteiger partial charge in [0.2, 0.25) is 0 Å². The van der Waals surface area contributed by atoms with Crippen LogP contribution in [0.4, 0.5) is 11.4 Å². The van der Waals surface area contributed by atoms with Crippen molar-refractivity contribution in [2.45, 2.75) is 9.79 Å². The topological polar surface area (TPSA) is 200 Å². The molecule has 0 spiro atoms. The number of fused-ring (bicyclic) bond motifs is 1. The Balaban J connectivity index is 0.00000240. The van der Waals surface area contributed by atoms with E-state index in [2.05, 4.69) is 10.2 Å². The second-order valence-corrected chi connectivity index (χ2v) is 8.44. The molecule has 0 radical (unpaired) electrons. The number of hydrogen-bond acceptors (Lipinski definition) is 11. The molecular formula is C16H10N2Na2O9S2. The van der Waals surface area contributed by atoms with Crippen molar-refractivity contribution in [1.82, 2.24) is 0 Å². The minimum atomic E-state index is -5.26. The van der Waals surface area contributed by atoms with Gasteiger partial charge < -0.3 is 24.4 Å². The Hall–Kier alpha value is -1.26. The maximum absolute atomic E-state index is 11.6. The summed E-state index contributed by atoms with van der Waals surface area (Å²) in [7, 11) is -10.3. The summed E-state index contributed by atoms with van der Waals surface area (Å²) in [4.78, 5) is -1.98. The van der Waals surface area contributed by atoms with Crippen LogP contribution in [0.5, 0.6) is 17.2 Å². The van der Waals surface area contributed by atoms with Crippen LogP contribution in [0.15, 0.2) is 62.5 Å². The molecule has 31 heavy (non-hydrogen) atoms. The van der Waals surface area contributed by atoms with Gasteiger partial charge >= 0.3 is 59.1 Å². The van der Waals surface area contributed by atoms with Crippen molar-refractivity contribution in [3.05, 3.63) is 42.5 Å². The van der Waals surface area contributed by atoms with Crippen LogP contribution in [0.25, 0.3) is 10.8 Å². The van der Waals surface area contributed by atoms with Gasteiger partial charge in [0.1, 0.15) is 43.1 Å². The van der Waals surface area contributed by atoms with E-state index in [0.29, 0.717) is 18.2 Å². The van der Waals surface area contributed by atoms with E-state index < -0.39 is 58.0 Å². The molecule has 0 atom stereocenters. The molecule has 0 fully saturated rings. The standard InChI is InChI=1S/C16H12N2O9S2.2Na/c19-11-4-2-1-3-10(11)17-18-15-13(29(25,26)27)6-8-5-9(28(22,23)24)7-12(20)14(8)16(15)21;;/h1-7,19-21H,(H,22,23,24)(H,25,26,27);;/q;2*+1/p-2. The van der Waals surface area contributed by atoms with Gasteiger partial charge in [-0.05, 0) is 35.7 Å². The number of nitrogens with zero attached hydrogens (tertiary/aromatic N) is 2. The van der Waals surface area contributed by atoms with E-state index in [1.165, 1.54) is 24.3 Å². The van der Waals surface area contributed by atoms with Crippen molar-refractivity contribution in [2.75, 3.05) is 0 Å². The van der Waals surface area contributed by atoms with Crippen molar-refractivity contribution >= 4 is 42.4 Å². The van der Waals surface area contributed by atoms with Gasteiger partial charge in [0.05, 0.1) is 15.2 Å². The number of para-hydroxylation sites is 1. The van der Waals surface area contributed by atoms with Crippen LogP contribution < -0.4 is 59.1 Å². The van der Waals surface area contributed by atoms with E-state index >= 15 is 0 Å². The summed E-state index contributed by atoms with van der Waals surface area (Å²) < 4.78 is 68.5. The molecule has 0 heterocycles. The maximum Gasteiger partial charge on any atom is 1.00 e. The zero-order valence-corrected chi connectivity index (χ0v) is 21.7. The van der Waals surface area contributed by atoms with Crippen LogP contribution in [0.3, 0.4) is 0 Å². The maximum atomic E-state index is 11.6. The zero-order chi connectivity index (χ0) is 21.6. The minimum Gasteiger partial charge on any atom is -0.744 e. The van der Waals surface area contributed by atoms with Gasteiger partial charge in [-0.15, -0.1) is 10.2 Å². The van der Waals surface area contributed by atoms with Crippen LogP contribution in [0.1, 0.15) is 0 Å². The number of hydrogen-bond donors (Lipinski definition) is 3. The number of benzene rings is 3. The average Bonchev–Trinajstić information content (AvgIpc) is 2.60. The third-order valence-electron chi connectivity index (χ3n) is 3.80. The molecule has 0 aliphatic carbocycles. The molecule has 11 nitrogen and oxygen atoms in total. The molecule has 0 unspecified atom stereocenters. The molecule has 152 valence electrons. The van der Waals surface area contributed by atoms with E-state index in [1.807, 2.05) is 0 Å². The smallest absolute Gasteiger partial charge is 0.744 e. The van der Waals surface area contributed by atoms with Gasteiger partial charge in [0.25, 0.3) is 0 Å². The quantitative estimate of drug-likeness (QED) is 0.189. The van der Waals surface area contributed by atoms with Crippen molar-refractivity contribution in [1.29, 1.82) is 0 Å². The van der Waals surface area contributed by atoms with Crippen LogP contribution in [0, 0.1) is 0 Å². The van der Waals surface area contributed by atoms with Gasteiger partial charge in [0, 0.05) is 0 Å². The molecule has 0 saturated heterocycles. The van der Waals surface area contributed by atoms with Gasteiger partial charge in [-0.25, -0.2) is 16.8 Å². The SMILES string of the molecule is O=S(=O)([O-])c1cc(O)c2c(O)c(N=Nc3ccccc3O)c(S(=O)(=O)[O-])cc2c1.[Na+].[Na+]. The fourth-order valence-electron chi connectivity index (χ4n) is 2.52. The second kappa shape index (κ2) is 10.1. The van der Waals surface area contributed by atoms with Gasteiger partial charge in [-0.2, -0.15) is 0 Å². The molecular weight excluding hydrogens is 474 g/mol. The normalized spacial score (nSPS) is 11.8.